The van der Waals surface area contributed by atoms with Crippen LogP contribution in [0.2, 0.25) is 0 Å². The molecule has 0 saturated carbocycles. The molecule has 0 spiro atoms. The van der Waals surface area contributed by atoms with Crippen molar-refractivity contribution in [2.45, 2.75) is 37.5 Å². The molecule has 1 aromatic heterocycles. The molecular formula is C22H23N3O5. The van der Waals surface area contributed by atoms with E-state index >= 15 is 0 Å². The fraction of sp³-hybridized carbons (Fsp3) is 0.409. The highest BCUT2D eigenvalue weighted by Gasteiger charge is 2.50. The number of piperidine rings is 1. The number of hydrogen-bond acceptors (Lipinski definition) is 5. The van der Waals surface area contributed by atoms with Gasteiger partial charge >= 0.3 is 6.09 Å². The van der Waals surface area contributed by atoms with Crippen LogP contribution in [0.25, 0.3) is 0 Å². The molecule has 1 N–H and O–H groups in total. The summed E-state index contributed by atoms with van der Waals surface area (Å²) in [5.74, 6) is -0.365. The van der Waals surface area contributed by atoms with Gasteiger partial charge in [-0.1, -0.05) is 24.3 Å². The maximum atomic E-state index is 12.6. The number of nitrogens with zero attached hydrogens (tertiary/aromatic N) is 2. The fourth-order valence-corrected chi connectivity index (χ4v) is 4.81. The summed E-state index contributed by atoms with van der Waals surface area (Å²) >= 11 is 0. The van der Waals surface area contributed by atoms with Gasteiger partial charge in [0.05, 0.1) is 18.8 Å². The Morgan fingerprint density at radius 3 is 2.67 bits per heavy atom. The number of rotatable bonds is 4. The first-order valence-corrected chi connectivity index (χ1v) is 10.3. The number of ether oxygens (including phenoxy) is 1. The maximum absolute atomic E-state index is 12.6. The summed E-state index contributed by atoms with van der Waals surface area (Å²) in [6.45, 7) is 1.01. The lowest BCUT2D eigenvalue weighted by Gasteiger charge is -2.38. The summed E-state index contributed by atoms with van der Waals surface area (Å²) < 4.78 is 10.7. The zero-order valence-electron chi connectivity index (χ0n) is 16.5. The molecule has 3 amide bonds. The van der Waals surface area contributed by atoms with E-state index in [9.17, 15) is 14.4 Å². The molecule has 30 heavy (non-hydrogen) atoms. The molecule has 2 saturated heterocycles. The van der Waals surface area contributed by atoms with E-state index in [4.69, 9.17) is 9.15 Å². The maximum Gasteiger partial charge on any atom is 0.411 e. The van der Waals surface area contributed by atoms with E-state index < -0.39 is 5.91 Å². The van der Waals surface area contributed by atoms with Crippen molar-refractivity contribution in [2.75, 3.05) is 19.6 Å². The Morgan fingerprint density at radius 1 is 1.10 bits per heavy atom. The predicted octanol–water partition coefficient (Wildman–Crippen LogP) is 2.12. The molecule has 3 aliphatic rings. The lowest BCUT2D eigenvalue weighted by Crippen LogP contribution is -2.49. The third kappa shape index (κ3) is 3.22. The van der Waals surface area contributed by atoms with E-state index in [1.807, 2.05) is 17.0 Å². The monoisotopic (exact) mass is 409 g/mol. The molecule has 1 aromatic carbocycles. The van der Waals surface area contributed by atoms with Crippen LogP contribution in [0.3, 0.4) is 0 Å². The quantitative estimate of drug-likeness (QED) is 0.835. The van der Waals surface area contributed by atoms with Gasteiger partial charge in [-0.05, 0) is 36.1 Å². The zero-order valence-corrected chi connectivity index (χ0v) is 16.5. The summed E-state index contributed by atoms with van der Waals surface area (Å²) in [7, 11) is 0. The van der Waals surface area contributed by atoms with Crippen molar-refractivity contribution in [3.8, 4) is 0 Å². The van der Waals surface area contributed by atoms with Crippen molar-refractivity contribution in [1.82, 2.24) is 15.1 Å². The lowest BCUT2D eigenvalue weighted by atomic mass is 9.99. The molecule has 2 atom stereocenters. The van der Waals surface area contributed by atoms with Crippen molar-refractivity contribution in [3.05, 3.63) is 59.5 Å². The van der Waals surface area contributed by atoms with E-state index in [1.54, 1.807) is 17.0 Å². The highest BCUT2D eigenvalue weighted by molar-refractivity contribution is 5.94. The number of fused-ring (bicyclic) bond motifs is 3. The van der Waals surface area contributed by atoms with Gasteiger partial charge in [-0.2, -0.15) is 0 Å². The molecule has 5 rings (SSSR count). The lowest BCUT2D eigenvalue weighted by molar-refractivity contribution is -0.131. The Morgan fingerprint density at radius 2 is 1.90 bits per heavy atom. The number of carbonyl (C=O) groups is 3. The standard InChI is InChI=1S/C22H23N3O5/c26-19(13-23-21(27)17-6-3-11-29-17)24-9-7-15(8-10-24)25-20-16-5-2-1-4-14(16)12-18(20)30-22(25)28/h1-6,11,15,18,20H,7-10,12-13H2,(H,23,27)/t18-,20+/m1/s1. The van der Waals surface area contributed by atoms with Crippen LogP contribution in [0.4, 0.5) is 4.79 Å². The third-order valence-electron chi connectivity index (χ3n) is 6.27. The fourth-order valence-electron chi connectivity index (χ4n) is 4.81. The Hall–Kier alpha value is -3.29. The molecule has 0 bridgehead atoms. The number of likely N-dealkylation sites (tertiary alicyclic amines) is 1. The van der Waals surface area contributed by atoms with Crippen molar-refractivity contribution >= 4 is 17.9 Å². The van der Waals surface area contributed by atoms with Gasteiger partial charge in [0.25, 0.3) is 5.91 Å². The predicted molar refractivity (Wildman–Crippen MR) is 106 cm³/mol. The van der Waals surface area contributed by atoms with Gasteiger partial charge in [-0.15, -0.1) is 0 Å². The Balaban J connectivity index is 1.18. The van der Waals surface area contributed by atoms with Crippen LogP contribution in [0.1, 0.15) is 40.6 Å². The number of amides is 3. The van der Waals surface area contributed by atoms with Crippen molar-refractivity contribution < 1.29 is 23.5 Å². The van der Waals surface area contributed by atoms with Crippen LogP contribution in [0.15, 0.2) is 47.1 Å². The summed E-state index contributed by atoms with van der Waals surface area (Å²) in [6.07, 6.45) is 3.19. The molecule has 156 valence electrons. The van der Waals surface area contributed by atoms with Gasteiger partial charge in [0.2, 0.25) is 5.91 Å². The van der Waals surface area contributed by atoms with Crippen LogP contribution in [-0.4, -0.2) is 59.5 Å². The van der Waals surface area contributed by atoms with Gasteiger partial charge in [-0.3, -0.25) is 14.5 Å². The van der Waals surface area contributed by atoms with Crippen molar-refractivity contribution in [3.63, 3.8) is 0 Å². The topological polar surface area (TPSA) is 92.1 Å². The molecule has 8 heteroatoms. The summed E-state index contributed by atoms with van der Waals surface area (Å²) in [5.41, 5.74) is 2.41. The summed E-state index contributed by atoms with van der Waals surface area (Å²) in [5, 5.41) is 2.59. The molecule has 3 heterocycles. The van der Waals surface area contributed by atoms with Crippen molar-refractivity contribution in [1.29, 1.82) is 0 Å². The van der Waals surface area contributed by atoms with Crippen LogP contribution in [0.5, 0.6) is 0 Å². The average molecular weight is 409 g/mol. The van der Waals surface area contributed by atoms with E-state index in [2.05, 4.69) is 17.4 Å². The second kappa shape index (κ2) is 7.51. The average Bonchev–Trinajstić information content (AvgIpc) is 3.47. The van der Waals surface area contributed by atoms with Crippen LogP contribution in [-0.2, 0) is 16.0 Å². The Kier molecular flexibility index (Phi) is 4.69. The minimum atomic E-state index is -0.408. The largest absolute Gasteiger partial charge is 0.459 e. The van der Waals surface area contributed by atoms with Gasteiger partial charge in [0.1, 0.15) is 6.10 Å². The molecule has 8 nitrogen and oxygen atoms in total. The second-order valence-electron chi connectivity index (χ2n) is 7.95. The highest BCUT2D eigenvalue weighted by atomic mass is 16.6. The molecule has 0 unspecified atom stereocenters. The van der Waals surface area contributed by atoms with Gasteiger partial charge < -0.3 is 19.4 Å². The first-order valence-electron chi connectivity index (χ1n) is 10.3. The summed E-state index contributed by atoms with van der Waals surface area (Å²) in [4.78, 5) is 40.6. The number of nitrogens with one attached hydrogen (secondary N) is 1. The van der Waals surface area contributed by atoms with E-state index in [1.165, 1.54) is 17.4 Å². The first-order chi connectivity index (χ1) is 14.6. The highest BCUT2D eigenvalue weighted by Crippen LogP contribution is 2.44. The zero-order chi connectivity index (χ0) is 20.7. The Bertz CT molecular complexity index is 965. The Labute approximate surface area is 173 Å². The smallest absolute Gasteiger partial charge is 0.411 e. The van der Waals surface area contributed by atoms with E-state index in [-0.39, 0.29) is 42.5 Å². The number of furan rings is 1. The van der Waals surface area contributed by atoms with E-state index in [0.717, 1.165) is 6.42 Å². The van der Waals surface area contributed by atoms with Crippen LogP contribution >= 0.6 is 0 Å². The number of carbonyl (C=O) groups excluding carboxylic acids is 3. The van der Waals surface area contributed by atoms with Gasteiger partial charge in [0, 0.05) is 25.6 Å². The first kappa shape index (κ1) is 18.7. The van der Waals surface area contributed by atoms with Gasteiger partial charge in [-0.25, -0.2) is 4.79 Å². The van der Waals surface area contributed by atoms with Gasteiger partial charge in [0.15, 0.2) is 5.76 Å². The number of benzene rings is 1. The minimum Gasteiger partial charge on any atom is -0.459 e. The second-order valence-corrected chi connectivity index (χ2v) is 7.95. The van der Waals surface area contributed by atoms with E-state index in [0.29, 0.717) is 25.9 Å². The SMILES string of the molecule is O=C(NCC(=O)N1CCC(N2C(=O)O[C@@H]3Cc4ccccc4[C@@H]32)CC1)c1ccco1. The molecule has 1 aliphatic carbocycles. The molecule has 2 aromatic rings. The molecular weight excluding hydrogens is 386 g/mol. The van der Waals surface area contributed by atoms with Crippen LogP contribution < -0.4 is 5.32 Å². The molecule has 0 radical (unpaired) electrons. The van der Waals surface area contributed by atoms with Crippen molar-refractivity contribution in [2.24, 2.45) is 0 Å². The summed E-state index contributed by atoms with van der Waals surface area (Å²) in [6, 6.07) is 11.4. The minimum absolute atomic E-state index is 0.0338. The third-order valence-corrected chi connectivity index (χ3v) is 6.27. The normalized spacial score (nSPS) is 23.1. The van der Waals surface area contributed by atoms with Crippen LogP contribution in [0, 0.1) is 0 Å². The molecule has 2 aliphatic heterocycles. The molecule has 2 fully saturated rings. The number of hydrogen-bond donors (Lipinski definition) is 1.